The summed E-state index contributed by atoms with van der Waals surface area (Å²) in [7, 11) is 0. The molecule has 2 heterocycles. The van der Waals surface area contributed by atoms with E-state index in [9.17, 15) is 4.79 Å². The van der Waals surface area contributed by atoms with Crippen LogP contribution in [0.4, 0.5) is 0 Å². The molecule has 134 valence electrons. The maximum Gasteiger partial charge on any atom is 0.252 e. The lowest BCUT2D eigenvalue weighted by molar-refractivity contribution is 0.0934. The number of hydrogen-bond acceptors (Lipinski definition) is 4. The van der Waals surface area contributed by atoms with E-state index in [0.717, 1.165) is 49.7 Å². The number of thiophene rings is 1. The molecule has 1 aromatic heterocycles. The van der Waals surface area contributed by atoms with Crippen LogP contribution in [0.5, 0.6) is 0 Å². The van der Waals surface area contributed by atoms with E-state index in [1.165, 1.54) is 10.4 Å². The molecular weight excluding hydrogens is 330 g/mol. The summed E-state index contributed by atoms with van der Waals surface area (Å²) in [6, 6.07) is 12.6. The Labute approximate surface area is 154 Å². The SMILES string of the molecule is Cc1cc(C(=O)NCCN2CCN(Cc3ccccc3)CC2)c(C)s1. The Kier molecular flexibility index (Phi) is 6.24. The maximum atomic E-state index is 12.2. The van der Waals surface area contributed by atoms with Crippen molar-refractivity contribution >= 4 is 17.2 Å². The van der Waals surface area contributed by atoms with E-state index in [4.69, 9.17) is 0 Å². The number of amides is 1. The predicted octanol–water partition coefficient (Wildman–Crippen LogP) is 2.91. The number of carbonyl (C=O) groups excluding carboxylic acids is 1. The third-order valence-corrected chi connectivity index (χ3v) is 5.68. The Balaban J connectivity index is 1.36. The van der Waals surface area contributed by atoms with E-state index in [-0.39, 0.29) is 5.91 Å². The Morgan fingerprint density at radius 2 is 1.76 bits per heavy atom. The Bertz CT molecular complexity index is 690. The van der Waals surface area contributed by atoms with Gasteiger partial charge in [-0.25, -0.2) is 0 Å². The molecule has 0 saturated carbocycles. The standard InChI is InChI=1S/C20H27N3OS/c1-16-14-19(17(2)25-16)20(24)21-8-9-22-10-12-23(13-11-22)15-18-6-4-3-5-7-18/h3-7,14H,8-13,15H2,1-2H3,(H,21,24). The van der Waals surface area contributed by atoms with Crippen molar-refractivity contribution in [2.75, 3.05) is 39.3 Å². The van der Waals surface area contributed by atoms with Gasteiger partial charge in [-0.05, 0) is 25.5 Å². The third kappa shape index (κ3) is 5.14. The van der Waals surface area contributed by atoms with Gasteiger partial charge in [0.1, 0.15) is 0 Å². The predicted molar refractivity (Wildman–Crippen MR) is 104 cm³/mol. The normalized spacial score (nSPS) is 16.1. The van der Waals surface area contributed by atoms with Gasteiger partial charge in [0.15, 0.2) is 0 Å². The van der Waals surface area contributed by atoms with E-state index in [2.05, 4.69) is 45.4 Å². The van der Waals surface area contributed by atoms with E-state index in [1.54, 1.807) is 11.3 Å². The van der Waals surface area contributed by atoms with E-state index < -0.39 is 0 Å². The monoisotopic (exact) mass is 357 g/mol. The van der Waals surface area contributed by atoms with Gasteiger partial charge in [0.05, 0.1) is 5.56 Å². The van der Waals surface area contributed by atoms with Gasteiger partial charge in [-0.15, -0.1) is 11.3 Å². The minimum absolute atomic E-state index is 0.0598. The zero-order valence-electron chi connectivity index (χ0n) is 15.1. The number of rotatable bonds is 6. The topological polar surface area (TPSA) is 35.6 Å². The second-order valence-electron chi connectivity index (χ2n) is 6.69. The van der Waals surface area contributed by atoms with Gasteiger partial charge in [0.25, 0.3) is 5.91 Å². The fourth-order valence-electron chi connectivity index (χ4n) is 3.29. The highest BCUT2D eigenvalue weighted by molar-refractivity contribution is 7.12. The molecule has 1 amide bonds. The van der Waals surface area contributed by atoms with Crippen LogP contribution in [0.25, 0.3) is 0 Å². The molecule has 4 nitrogen and oxygen atoms in total. The molecule has 1 fully saturated rings. The zero-order chi connectivity index (χ0) is 17.6. The largest absolute Gasteiger partial charge is 0.351 e. The van der Waals surface area contributed by atoms with E-state index in [1.807, 2.05) is 19.9 Å². The molecule has 0 unspecified atom stereocenters. The van der Waals surface area contributed by atoms with Crippen molar-refractivity contribution in [1.82, 2.24) is 15.1 Å². The molecule has 1 aliphatic rings. The van der Waals surface area contributed by atoms with Gasteiger partial charge in [0.2, 0.25) is 0 Å². The summed E-state index contributed by atoms with van der Waals surface area (Å²) >= 11 is 1.68. The number of nitrogens with zero attached hydrogens (tertiary/aromatic N) is 2. The summed E-state index contributed by atoms with van der Waals surface area (Å²) in [6.07, 6.45) is 0. The van der Waals surface area contributed by atoms with E-state index >= 15 is 0 Å². The Morgan fingerprint density at radius 1 is 1.08 bits per heavy atom. The first-order valence-corrected chi connectivity index (χ1v) is 9.77. The van der Waals surface area contributed by atoms with Gasteiger partial charge in [-0.1, -0.05) is 30.3 Å². The minimum Gasteiger partial charge on any atom is -0.351 e. The average molecular weight is 358 g/mol. The zero-order valence-corrected chi connectivity index (χ0v) is 15.9. The van der Waals surface area contributed by atoms with Gasteiger partial charge in [-0.3, -0.25) is 14.6 Å². The first kappa shape index (κ1) is 18.1. The van der Waals surface area contributed by atoms with Crippen LogP contribution in [0.15, 0.2) is 36.4 Å². The molecule has 0 spiro atoms. The molecule has 1 aliphatic heterocycles. The number of piperazine rings is 1. The highest BCUT2D eigenvalue weighted by Crippen LogP contribution is 2.20. The van der Waals surface area contributed by atoms with Crippen LogP contribution >= 0.6 is 11.3 Å². The van der Waals surface area contributed by atoms with Crippen LogP contribution in [0.1, 0.15) is 25.7 Å². The molecule has 25 heavy (non-hydrogen) atoms. The van der Waals surface area contributed by atoms with Crippen molar-refractivity contribution in [3.05, 3.63) is 57.3 Å². The number of carbonyl (C=O) groups is 1. The molecular formula is C20H27N3OS. The highest BCUT2D eigenvalue weighted by Gasteiger charge is 2.17. The van der Waals surface area contributed by atoms with Crippen LogP contribution in [0.2, 0.25) is 0 Å². The van der Waals surface area contributed by atoms with Crippen molar-refractivity contribution in [3.8, 4) is 0 Å². The van der Waals surface area contributed by atoms with Crippen molar-refractivity contribution < 1.29 is 4.79 Å². The third-order valence-electron chi connectivity index (χ3n) is 4.71. The second-order valence-corrected chi connectivity index (χ2v) is 8.15. The Morgan fingerprint density at radius 3 is 2.40 bits per heavy atom. The molecule has 5 heteroatoms. The fourth-order valence-corrected chi connectivity index (χ4v) is 4.21. The first-order valence-electron chi connectivity index (χ1n) is 8.95. The first-order chi connectivity index (χ1) is 12.1. The summed E-state index contributed by atoms with van der Waals surface area (Å²) in [5, 5.41) is 3.06. The molecule has 1 saturated heterocycles. The molecule has 0 bridgehead atoms. The van der Waals surface area contributed by atoms with Crippen molar-refractivity contribution in [3.63, 3.8) is 0 Å². The number of aryl methyl sites for hydroxylation is 2. The maximum absolute atomic E-state index is 12.2. The van der Waals surface area contributed by atoms with Crippen LogP contribution < -0.4 is 5.32 Å². The number of hydrogen-bond donors (Lipinski definition) is 1. The summed E-state index contributed by atoms with van der Waals surface area (Å²) in [4.78, 5) is 19.5. The summed E-state index contributed by atoms with van der Waals surface area (Å²) < 4.78 is 0. The van der Waals surface area contributed by atoms with Crippen LogP contribution in [0.3, 0.4) is 0 Å². The summed E-state index contributed by atoms with van der Waals surface area (Å²) in [5.41, 5.74) is 2.21. The van der Waals surface area contributed by atoms with Gasteiger partial charge in [-0.2, -0.15) is 0 Å². The molecule has 1 N–H and O–H groups in total. The Hall–Kier alpha value is -1.69. The molecule has 0 atom stereocenters. The van der Waals surface area contributed by atoms with Crippen molar-refractivity contribution in [1.29, 1.82) is 0 Å². The summed E-state index contributed by atoms with van der Waals surface area (Å²) in [6.45, 7) is 11.0. The van der Waals surface area contributed by atoms with Crippen molar-refractivity contribution in [2.24, 2.45) is 0 Å². The second kappa shape index (κ2) is 8.61. The van der Waals surface area contributed by atoms with Gasteiger partial charge < -0.3 is 5.32 Å². The highest BCUT2D eigenvalue weighted by atomic mass is 32.1. The molecule has 1 aromatic carbocycles. The lowest BCUT2D eigenvalue weighted by atomic mass is 10.2. The molecule has 3 rings (SSSR count). The molecule has 0 aliphatic carbocycles. The quantitative estimate of drug-likeness (QED) is 0.863. The van der Waals surface area contributed by atoms with E-state index in [0.29, 0.717) is 6.54 Å². The molecule has 2 aromatic rings. The number of benzene rings is 1. The molecule has 0 radical (unpaired) electrons. The van der Waals surface area contributed by atoms with Gasteiger partial charge >= 0.3 is 0 Å². The lowest BCUT2D eigenvalue weighted by Gasteiger charge is -2.34. The van der Waals surface area contributed by atoms with Crippen LogP contribution in [-0.2, 0) is 6.54 Å². The average Bonchev–Trinajstić information content (AvgIpc) is 2.96. The minimum atomic E-state index is 0.0598. The van der Waals surface area contributed by atoms with Gasteiger partial charge in [0, 0.05) is 55.6 Å². The summed E-state index contributed by atoms with van der Waals surface area (Å²) in [5.74, 6) is 0.0598. The fraction of sp³-hybridized carbons (Fsp3) is 0.450. The van der Waals surface area contributed by atoms with Crippen molar-refractivity contribution in [2.45, 2.75) is 20.4 Å². The lowest BCUT2D eigenvalue weighted by Crippen LogP contribution is -2.48. The number of nitrogens with one attached hydrogen (secondary N) is 1. The van der Waals surface area contributed by atoms with Crippen LogP contribution in [-0.4, -0.2) is 55.0 Å². The van der Waals surface area contributed by atoms with Crippen LogP contribution in [0, 0.1) is 13.8 Å². The smallest absolute Gasteiger partial charge is 0.252 e.